The monoisotopic (exact) mass is 364 g/mol. The van der Waals surface area contributed by atoms with Gasteiger partial charge in [0.1, 0.15) is 0 Å². The number of amides is 3. The first-order valence-corrected chi connectivity index (χ1v) is 9.09. The van der Waals surface area contributed by atoms with Gasteiger partial charge in [0.15, 0.2) is 0 Å². The van der Waals surface area contributed by atoms with Crippen LogP contribution in [0.2, 0.25) is 0 Å². The summed E-state index contributed by atoms with van der Waals surface area (Å²) < 4.78 is 0. The molecule has 140 valence electrons. The maximum absolute atomic E-state index is 11.9. The van der Waals surface area contributed by atoms with Gasteiger partial charge in [-0.25, -0.2) is 4.79 Å². The zero-order valence-electron chi connectivity index (χ0n) is 15.1. The molecule has 0 spiro atoms. The molecule has 0 aliphatic carbocycles. The van der Waals surface area contributed by atoms with Gasteiger partial charge >= 0.3 is 6.03 Å². The van der Waals surface area contributed by atoms with Gasteiger partial charge in [0.2, 0.25) is 5.91 Å². The second-order valence-corrected chi connectivity index (χ2v) is 6.30. The summed E-state index contributed by atoms with van der Waals surface area (Å²) in [7, 11) is 0. The molecule has 6 nitrogen and oxygen atoms in total. The van der Waals surface area contributed by atoms with Crippen molar-refractivity contribution in [3.05, 3.63) is 71.9 Å². The van der Waals surface area contributed by atoms with Crippen LogP contribution in [0, 0.1) is 0 Å². The highest BCUT2D eigenvalue weighted by Crippen LogP contribution is 2.17. The molecule has 1 heterocycles. The lowest BCUT2D eigenvalue weighted by molar-refractivity contribution is -0.120. The second-order valence-electron chi connectivity index (χ2n) is 6.30. The first-order valence-electron chi connectivity index (χ1n) is 9.09. The third-order valence-corrected chi connectivity index (χ3v) is 4.32. The summed E-state index contributed by atoms with van der Waals surface area (Å²) in [5, 5.41) is 9.54. The maximum atomic E-state index is 11.9. The Bertz CT molecular complexity index is 889. The van der Waals surface area contributed by atoms with Gasteiger partial charge in [-0.1, -0.05) is 48.5 Å². The van der Waals surface area contributed by atoms with E-state index in [0.717, 1.165) is 17.5 Å². The minimum absolute atomic E-state index is 0.0711. The lowest BCUT2D eigenvalue weighted by Crippen LogP contribution is -2.37. The minimum Gasteiger partial charge on any atom is -0.361 e. The van der Waals surface area contributed by atoms with Gasteiger partial charge in [0.05, 0.1) is 0 Å². The number of aromatic amines is 1. The van der Waals surface area contributed by atoms with Crippen LogP contribution in [0.4, 0.5) is 4.79 Å². The number of carbonyl (C=O) groups excluding carboxylic acids is 2. The van der Waals surface area contributed by atoms with E-state index in [4.69, 9.17) is 0 Å². The lowest BCUT2D eigenvalue weighted by atomic mass is 10.1. The van der Waals surface area contributed by atoms with E-state index in [1.54, 1.807) is 0 Å². The molecule has 4 N–H and O–H groups in total. The Morgan fingerprint density at radius 1 is 0.852 bits per heavy atom. The maximum Gasteiger partial charge on any atom is 0.315 e. The number of carbonyl (C=O) groups is 2. The number of hydrogen-bond donors (Lipinski definition) is 4. The van der Waals surface area contributed by atoms with E-state index in [-0.39, 0.29) is 18.4 Å². The highest BCUT2D eigenvalue weighted by Gasteiger charge is 2.06. The fraction of sp³-hybridized carbons (Fsp3) is 0.238. The summed E-state index contributed by atoms with van der Waals surface area (Å²) in [4.78, 5) is 26.9. The molecule has 0 saturated heterocycles. The lowest BCUT2D eigenvalue weighted by Gasteiger charge is -2.08. The molecule has 0 saturated carbocycles. The molecule has 6 heteroatoms. The first kappa shape index (κ1) is 18.5. The van der Waals surface area contributed by atoms with Crippen molar-refractivity contribution in [1.82, 2.24) is 20.9 Å². The predicted octanol–water partition coefficient (Wildman–Crippen LogP) is 2.72. The topological polar surface area (TPSA) is 86.0 Å². The molecule has 0 unspecified atom stereocenters. The molecule has 3 rings (SSSR count). The van der Waals surface area contributed by atoms with E-state index in [9.17, 15) is 9.59 Å². The molecule has 1 aromatic heterocycles. The van der Waals surface area contributed by atoms with E-state index < -0.39 is 0 Å². The predicted molar refractivity (Wildman–Crippen MR) is 106 cm³/mol. The van der Waals surface area contributed by atoms with Crippen LogP contribution < -0.4 is 16.0 Å². The van der Waals surface area contributed by atoms with Crippen LogP contribution in [0.3, 0.4) is 0 Å². The van der Waals surface area contributed by atoms with Crippen molar-refractivity contribution in [2.75, 3.05) is 13.1 Å². The highest BCUT2D eigenvalue weighted by atomic mass is 16.2. The van der Waals surface area contributed by atoms with Gasteiger partial charge in [-0.2, -0.15) is 0 Å². The summed E-state index contributed by atoms with van der Waals surface area (Å²) in [6, 6.07) is 17.5. The largest absolute Gasteiger partial charge is 0.361 e. The van der Waals surface area contributed by atoms with E-state index >= 15 is 0 Å². The van der Waals surface area contributed by atoms with Crippen LogP contribution >= 0.6 is 0 Å². The molecular weight excluding hydrogens is 340 g/mol. The number of fused-ring (bicyclic) bond motifs is 1. The van der Waals surface area contributed by atoms with E-state index in [1.165, 1.54) is 10.9 Å². The number of rotatable bonds is 8. The second kappa shape index (κ2) is 9.43. The van der Waals surface area contributed by atoms with Crippen molar-refractivity contribution in [3.63, 3.8) is 0 Å². The van der Waals surface area contributed by atoms with Gasteiger partial charge in [-0.05, 0) is 23.6 Å². The third-order valence-electron chi connectivity index (χ3n) is 4.32. The number of urea groups is 1. The number of benzene rings is 2. The Hall–Kier alpha value is -3.28. The van der Waals surface area contributed by atoms with Gasteiger partial charge < -0.3 is 20.9 Å². The minimum atomic E-state index is -0.273. The van der Waals surface area contributed by atoms with E-state index in [2.05, 4.69) is 27.0 Å². The normalized spacial score (nSPS) is 10.5. The average molecular weight is 364 g/mol. The number of para-hydroxylation sites is 1. The molecule has 3 aromatic rings. The standard InChI is InChI=1S/C21H24N4O2/c26-20(11-13-23-21(27)25-14-16-6-2-1-3-7-16)22-12-10-17-15-24-19-9-5-4-8-18(17)19/h1-9,15,24H,10-14H2,(H,22,26)(H2,23,25,27). The third kappa shape index (κ3) is 5.60. The zero-order valence-corrected chi connectivity index (χ0v) is 15.1. The number of nitrogens with one attached hydrogen (secondary N) is 4. The SMILES string of the molecule is O=C(CCNC(=O)NCc1ccccc1)NCCc1c[nH]c2ccccc12. The van der Waals surface area contributed by atoms with Crippen molar-refractivity contribution in [3.8, 4) is 0 Å². The van der Waals surface area contributed by atoms with E-state index in [1.807, 2.05) is 54.7 Å². The first-order chi connectivity index (χ1) is 13.2. The molecule has 0 aliphatic rings. The molecule has 0 bridgehead atoms. The van der Waals surface area contributed by atoms with Crippen molar-refractivity contribution >= 4 is 22.8 Å². The fourth-order valence-corrected chi connectivity index (χ4v) is 2.89. The van der Waals surface area contributed by atoms with Crippen molar-refractivity contribution in [1.29, 1.82) is 0 Å². The molecule has 0 fully saturated rings. The molecule has 27 heavy (non-hydrogen) atoms. The molecular formula is C21H24N4O2. The Morgan fingerprint density at radius 2 is 1.63 bits per heavy atom. The van der Waals surface area contributed by atoms with Crippen molar-refractivity contribution in [2.45, 2.75) is 19.4 Å². The Labute approximate surface area is 158 Å². The molecule has 0 aliphatic heterocycles. The Balaban J connectivity index is 1.30. The summed E-state index contributed by atoms with van der Waals surface area (Å²) >= 11 is 0. The van der Waals surface area contributed by atoms with E-state index in [0.29, 0.717) is 19.6 Å². The summed E-state index contributed by atoms with van der Waals surface area (Å²) in [5.41, 5.74) is 3.32. The summed E-state index contributed by atoms with van der Waals surface area (Å²) in [5.74, 6) is -0.0711. The number of aromatic nitrogens is 1. The van der Waals surface area contributed by atoms with Gasteiger partial charge in [-0.15, -0.1) is 0 Å². The fourth-order valence-electron chi connectivity index (χ4n) is 2.89. The van der Waals surface area contributed by atoms with Gasteiger partial charge in [0, 0.05) is 43.2 Å². The van der Waals surface area contributed by atoms with Crippen molar-refractivity contribution < 1.29 is 9.59 Å². The Morgan fingerprint density at radius 3 is 2.48 bits per heavy atom. The van der Waals surface area contributed by atoms with Gasteiger partial charge in [0.25, 0.3) is 0 Å². The van der Waals surface area contributed by atoms with Crippen LogP contribution in [0.1, 0.15) is 17.5 Å². The van der Waals surface area contributed by atoms with Crippen LogP contribution in [0.25, 0.3) is 10.9 Å². The zero-order chi connectivity index (χ0) is 18.9. The van der Waals surface area contributed by atoms with Crippen molar-refractivity contribution in [2.24, 2.45) is 0 Å². The quantitative estimate of drug-likeness (QED) is 0.495. The van der Waals surface area contributed by atoms with Gasteiger partial charge in [-0.3, -0.25) is 4.79 Å². The average Bonchev–Trinajstić information content (AvgIpc) is 3.10. The number of hydrogen-bond acceptors (Lipinski definition) is 2. The molecule has 0 atom stereocenters. The molecule has 3 amide bonds. The van der Waals surface area contributed by atoms with Crippen LogP contribution in [0.15, 0.2) is 60.8 Å². The molecule has 2 aromatic carbocycles. The summed E-state index contributed by atoms with van der Waals surface area (Å²) in [6.07, 6.45) is 3.00. The highest BCUT2D eigenvalue weighted by molar-refractivity contribution is 5.83. The van der Waals surface area contributed by atoms with Crippen LogP contribution in [0.5, 0.6) is 0 Å². The Kier molecular flexibility index (Phi) is 6.46. The van der Waals surface area contributed by atoms with Crippen LogP contribution in [-0.2, 0) is 17.8 Å². The smallest absolute Gasteiger partial charge is 0.315 e. The van der Waals surface area contributed by atoms with Crippen LogP contribution in [-0.4, -0.2) is 30.0 Å². The molecule has 0 radical (unpaired) electrons. The number of H-pyrrole nitrogens is 1. The summed E-state index contributed by atoms with van der Waals surface area (Å²) in [6.45, 7) is 1.34.